The fourth-order valence-corrected chi connectivity index (χ4v) is 3.66. The molecule has 4 rings (SSSR count). The molecule has 0 unspecified atom stereocenters. The van der Waals surface area contributed by atoms with E-state index in [1.54, 1.807) is 0 Å². The summed E-state index contributed by atoms with van der Waals surface area (Å²) in [7, 11) is 1.97. The summed E-state index contributed by atoms with van der Waals surface area (Å²) >= 11 is 0. The average molecular weight is 326 g/mol. The Morgan fingerprint density at radius 2 is 2.17 bits per heavy atom. The Hall–Kier alpha value is -2.34. The van der Waals surface area contributed by atoms with Gasteiger partial charge < -0.3 is 4.42 Å². The predicted octanol–water partition coefficient (Wildman–Crippen LogP) is 2.47. The Balaban J connectivity index is 1.59. The molecule has 1 aliphatic heterocycles. The molecule has 0 aliphatic carbocycles. The van der Waals surface area contributed by atoms with Crippen LogP contribution in [-0.2, 0) is 13.6 Å². The second kappa shape index (κ2) is 5.94. The van der Waals surface area contributed by atoms with Crippen LogP contribution in [0.1, 0.15) is 30.1 Å². The maximum atomic E-state index is 12.3. The summed E-state index contributed by atoms with van der Waals surface area (Å²) in [5.41, 5.74) is 4.01. The molecule has 24 heavy (non-hydrogen) atoms. The lowest BCUT2D eigenvalue weighted by molar-refractivity contribution is 0.167. The lowest BCUT2D eigenvalue weighted by Crippen LogP contribution is -2.38. The monoisotopic (exact) mass is 326 g/mol. The molecule has 126 valence electrons. The van der Waals surface area contributed by atoms with Gasteiger partial charge in [-0.1, -0.05) is 12.1 Å². The molecule has 0 bridgehead atoms. The lowest BCUT2D eigenvalue weighted by Gasteiger charge is -2.32. The van der Waals surface area contributed by atoms with E-state index in [4.69, 9.17) is 4.42 Å². The zero-order valence-electron chi connectivity index (χ0n) is 14.1. The van der Waals surface area contributed by atoms with Gasteiger partial charge in [0, 0.05) is 31.4 Å². The van der Waals surface area contributed by atoms with Gasteiger partial charge in [0.25, 0.3) is 0 Å². The molecule has 3 aromatic rings. The molecule has 6 heteroatoms. The van der Waals surface area contributed by atoms with Gasteiger partial charge in [0.05, 0.1) is 17.8 Å². The van der Waals surface area contributed by atoms with Crippen molar-refractivity contribution in [3.63, 3.8) is 0 Å². The number of fused-ring (bicyclic) bond motifs is 1. The third kappa shape index (κ3) is 2.57. The number of rotatable bonds is 3. The number of hydrogen-bond acceptors (Lipinski definition) is 4. The molecule has 0 amide bonds. The SMILES string of the molecule is Cc1c(CN2CCC[C@@H](n3c(=O)oc4ccccc43)C2)cnn1C. The van der Waals surface area contributed by atoms with Crippen molar-refractivity contribution in [2.45, 2.75) is 32.4 Å². The maximum absolute atomic E-state index is 12.3. The fraction of sp³-hybridized carbons (Fsp3) is 0.444. The number of hydrogen-bond donors (Lipinski definition) is 0. The van der Waals surface area contributed by atoms with Gasteiger partial charge in [-0.15, -0.1) is 0 Å². The van der Waals surface area contributed by atoms with Crippen molar-refractivity contribution in [3.8, 4) is 0 Å². The Morgan fingerprint density at radius 1 is 1.33 bits per heavy atom. The molecule has 1 saturated heterocycles. The number of para-hydroxylation sites is 2. The molecule has 0 spiro atoms. The first-order valence-corrected chi connectivity index (χ1v) is 8.43. The Labute approximate surface area is 140 Å². The van der Waals surface area contributed by atoms with Crippen LogP contribution in [0.5, 0.6) is 0 Å². The molecule has 0 saturated carbocycles. The van der Waals surface area contributed by atoms with E-state index in [0.29, 0.717) is 5.58 Å². The second-order valence-electron chi connectivity index (χ2n) is 6.62. The summed E-state index contributed by atoms with van der Waals surface area (Å²) in [5.74, 6) is -0.249. The minimum absolute atomic E-state index is 0.159. The number of likely N-dealkylation sites (tertiary alicyclic amines) is 1. The van der Waals surface area contributed by atoms with Crippen molar-refractivity contribution >= 4 is 11.1 Å². The lowest BCUT2D eigenvalue weighted by atomic mass is 10.0. The third-order valence-corrected chi connectivity index (χ3v) is 5.10. The van der Waals surface area contributed by atoms with Crippen molar-refractivity contribution in [1.82, 2.24) is 19.2 Å². The number of piperidine rings is 1. The molecule has 0 radical (unpaired) electrons. The summed E-state index contributed by atoms with van der Waals surface area (Å²) in [4.78, 5) is 14.7. The first-order valence-electron chi connectivity index (χ1n) is 8.43. The first-order chi connectivity index (χ1) is 11.6. The first kappa shape index (κ1) is 15.2. The van der Waals surface area contributed by atoms with Crippen LogP contribution in [0.4, 0.5) is 0 Å². The summed E-state index contributed by atoms with van der Waals surface area (Å²) in [5, 5.41) is 4.33. The topological polar surface area (TPSA) is 56.2 Å². The Kier molecular flexibility index (Phi) is 3.76. The average Bonchev–Trinajstić information content (AvgIpc) is 3.08. The van der Waals surface area contributed by atoms with Gasteiger partial charge in [-0.25, -0.2) is 4.79 Å². The van der Waals surface area contributed by atoms with Crippen LogP contribution >= 0.6 is 0 Å². The van der Waals surface area contributed by atoms with Crippen LogP contribution in [0.3, 0.4) is 0 Å². The van der Waals surface area contributed by atoms with Crippen molar-refractivity contribution in [3.05, 3.63) is 52.3 Å². The summed E-state index contributed by atoms with van der Waals surface area (Å²) in [6.45, 7) is 4.88. The van der Waals surface area contributed by atoms with Gasteiger partial charge in [-0.2, -0.15) is 5.10 Å². The Bertz CT molecular complexity index is 921. The van der Waals surface area contributed by atoms with E-state index in [9.17, 15) is 4.79 Å². The van der Waals surface area contributed by atoms with Crippen LogP contribution < -0.4 is 5.76 Å². The van der Waals surface area contributed by atoms with E-state index >= 15 is 0 Å². The van der Waals surface area contributed by atoms with Gasteiger partial charge in [0.1, 0.15) is 0 Å². The fourth-order valence-electron chi connectivity index (χ4n) is 3.66. The quantitative estimate of drug-likeness (QED) is 0.742. The molecule has 2 aromatic heterocycles. The highest BCUT2D eigenvalue weighted by molar-refractivity contribution is 5.72. The molecular formula is C18H22N4O2. The zero-order valence-corrected chi connectivity index (χ0v) is 14.1. The highest BCUT2D eigenvalue weighted by Gasteiger charge is 2.25. The van der Waals surface area contributed by atoms with Gasteiger partial charge in [-0.05, 0) is 38.4 Å². The highest BCUT2D eigenvalue weighted by atomic mass is 16.4. The number of aryl methyl sites for hydroxylation is 1. The molecular weight excluding hydrogens is 304 g/mol. The van der Waals surface area contributed by atoms with Gasteiger partial charge in [-0.3, -0.25) is 14.1 Å². The largest absolute Gasteiger partial charge is 0.420 e. The van der Waals surface area contributed by atoms with Crippen molar-refractivity contribution in [1.29, 1.82) is 0 Å². The van der Waals surface area contributed by atoms with Crippen LogP contribution in [0.25, 0.3) is 11.1 Å². The normalized spacial score (nSPS) is 19.2. The number of nitrogens with zero attached hydrogens (tertiary/aromatic N) is 4. The van der Waals surface area contributed by atoms with Crippen LogP contribution in [-0.4, -0.2) is 32.3 Å². The highest BCUT2D eigenvalue weighted by Crippen LogP contribution is 2.26. The van der Waals surface area contributed by atoms with E-state index in [1.165, 1.54) is 11.3 Å². The molecule has 3 heterocycles. The van der Waals surface area contributed by atoms with E-state index in [1.807, 2.05) is 46.8 Å². The number of oxazole rings is 1. The predicted molar refractivity (Wildman–Crippen MR) is 92.0 cm³/mol. The number of benzene rings is 1. The van der Waals surface area contributed by atoms with Crippen molar-refractivity contribution in [2.24, 2.45) is 7.05 Å². The van der Waals surface area contributed by atoms with Crippen molar-refractivity contribution in [2.75, 3.05) is 13.1 Å². The van der Waals surface area contributed by atoms with E-state index in [0.717, 1.165) is 38.0 Å². The van der Waals surface area contributed by atoms with Crippen molar-refractivity contribution < 1.29 is 4.42 Å². The van der Waals surface area contributed by atoms with Crippen LogP contribution in [0, 0.1) is 6.92 Å². The minimum Gasteiger partial charge on any atom is -0.408 e. The van der Waals surface area contributed by atoms with Gasteiger partial charge in [0.15, 0.2) is 5.58 Å². The molecule has 1 aromatic carbocycles. The molecule has 1 atom stereocenters. The Morgan fingerprint density at radius 3 is 2.96 bits per heavy atom. The molecule has 6 nitrogen and oxygen atoms in total. The summed E-state index contributed by atoms with van der Waals surface area (Å²) in [6, 6.07) is 7.82. The van der Waals surface area contributed by atoms with Crippen LogP contribution in [0.15, 0.2) is 39.7 Å². The van der Waals surface area contributed by atoms with Gasteiger partial charge in [0.2, 0.25) is 0 Å². The maximum Gasteiger partial charge on any atom is 0.420 e. The minimum atomic E-state index is -0.249. The third-order valence-electron chi connectivity index (χ3n) is 5.10. The molecule has 1 aliphatic rings. The van der Waals surface area contributed by atoms with E-state index in [2.05, 4.69) is 16.9 Å². The summed E-state index contributed by atoms with van der Waals surface area (Å²) < 4.78 is 9.14. The van der Waals surface area contributed by atoms with Crippen LogP contribution in [0.2, 0.25) is 0 Å². The standard InChI is InChI=1S/C18H22N4O2/c1-13-14(10-19-20(13)2)11-21-9-5-6-15(12-21)22-16-7-3-4-8-17(16)24-18(22)23/h3-4,7-8,10,15H,5-6,9,11-12H2,1-2H3/t15-/m1/s1. The van der Waals surface area contributed by atoms with Gasteiger partial charge >= 0.3 is 5.76 Å². The molecule has 1 fully saturated rings. The zero-order chi connectivity index (χ0) is 16.7. The van der Waals surface area contributed by atoms with E-state index < -0.39 is 0 Å². The second-order valence-corrected chi connectivity index (χ2v) is 6.62. The smallest absolute Gasteiger partial charge is 0.408 e. The summed E-state index contributed by atoms with van der Waals surface area (Å²) in [6.07, 6.45) is 4.03. The van der Waals surface area contributed by atoms with E-state index in [-0.39, 0.29) is 11.8 Å². The number of aromatic nitrogens is 3. The molecule has 0 N–H and O–H groups in total.